The monoisotopic (exact) mass is 381 g/mol. The zero-order valence-corrected chi connectivity index (χ0v) is 15.9. The molecule has 5 nitrogen and oxygen atoms in total. The van der Waals surface area contributed by atoms with E-state index in [2.05, 4.69) is 10.3 Å². The van der Waals surface area contributed by atoms with Crippen LogP contribution in [-0.4, -0.2) is 24.5 Å². The third-order valence-corrected chi connectivity index (χ3v) is 4.29. The Morgan fingerprint density at radius 2 is 1.93 bits per heavy atom. The van der Waals surface area contributed by atoms with Crippen molar-refractivity contribution in [1.29, 1.82) is 0 Å². The molecule has 0 atom stereocenters. The lowest BCUT2D eigenvalue weighted by atomic mass is 10.2. The molecule has 0 saturated carbocycles. The van der Waals surface area contributed by atoms with Crippen molar-refractivity contribution in [3.8, 4) is 5.75 Å². The van der Waals surface area contributed by atoms with Crippen LogP contribution in [0.1, 0.15) is 17.4 Å². The molecular weight excluding hydrogens is 362 g/mol. The van der Waals surface area contributed by atoms with Gasteiger partial charge in [-0.25, -0.2) is 4.98 Å². The van der Waals surface area contributed by atoms with Gasteiger partial charge < -0.3 is 15.0 Å². The van der Waals surface area contributed by atoms with Gasteiger partial charge >= 0.3 is 0 Å². The van der Waals surface area contributed by atoms with Gasteiger partial charge in [-0.05, 0) is 49.4 Å². The number of benzene rings is 2. The van der Waals surface area contributed by atoms with E-state index < -0.39 is 0 Å². The molecule has 1 amide bonds. The summed E-state index contributed by atoms with van der Waals surface area (Å²) in [5.74, 6) is 0.524. The van der Waals surface area contributed by atoms with E-state index in [1.165, 1.54) is 0 Å². The van der Waals surface area contributed by atoms with Crippen molar-refractivity contribution in [2.45, 2.75) is 6.92 Å². The Bertz CT molecular complexity index is 914. The van der Waals surface area contributed by atoms with E-state index in [-0.39, 0.29) is 5.91 Å². The number of carbonyl (C=O) groups is 1. The second-order valence-electron chi connectivity index (χ2n) is 5.79. The van der Waals surface area contributed by atoms with Gasteiger partial charge in [0.2, 0.25) is 0 Å². The van der Waals surface area contributed by atoms with Crippen molar-refractivity contribution in [1.82, 2.24) is 4.98 Å². The van der Waals surface area contributed by atoms with Crippen molar-refractivity contribution in [2.75, 3.05) is 23.9 Å². The van der Waals surface area contributed by atoms with Gasteiger partial charge in [-0.2, -0.15) is 0 Å². The zero-order chi connectivity index (χ0) is 19.2. The molecule has 0 spiro atoms. The third kappa shape index (κ3) is 4.38. The van der Waals surface area contributed by atoms with E-state index >= 15 is 0 Å². The maximum atomic E-state index is 12.8. The molecule has 138 valence electrons. The van der Waals surface area contributed by atoms with Gasteiger partial charge in [0.15, 0.2) is 0 Å². The van der Waals surface area contributed by atoms with Gasteiger partial charge in [0.05, 0.1) is 24.7 Å². The number of nitrogens with one attached hydrogen (secondary N) is 1. The third-order valence-electron chi connectivity index (χ3n) is 4.05. The summed E-state index contributed by atoms with van der Waals surface area (Å²) in [6.07, 6.45) is 1.62. The van der Waals surface area contributed by atoms with E-state index in [1.54, 1.807) is 48.5 Å². The quantitative estimate of drug-likeness (QED) is 0.641. The van der Waals surface area contributed by atoms with Crippen LogP contribution in [0.4, 0.5) is 17.1 Å². The Hall–Kier alpha value is -3.05. The predicted octanol–water partition coefficient (Wildman–Crippen LogP) is 5.15. The van der Waals surface area contributed by atoms with Crippen molar-refractivity contribution >= 4 is 34.6 Å². The van der Waals surface area contributed by atoms with Crippen LogP contribution in [0.5, 0.6) is 5.75 Å². The fraction of sp³-hybridized carbons (Fsp3) is 0.143. The average Bonchev–Trinajstić information content (AvgIpc) is 2.70. The van der Waals surface area contributed by atoms with Gasteiger partial charge in [0.25, 0.3) is 5.91 Å². The fourth-order valence-electron chi connectivity index (χ4n) is 2.72. The highest BCUT2D eigenvalue weighted by molar-refractivity contribution is 6.31. The van der Waals surface area contributed by atoms with Crippen molar-refractivity contribution in [3.05, 3.63) is 77.6 Å². The predicted molar refractivity (Wildman–Crippen MR) is 109 cm³/mol. The Labute approximate surface area is 163 Å². The Morgan fingerprint density at radius 1 is 1.15 bits per heavy atom. The van der Waals surface area contributed by atoms with Gasteiger partial charge in [-0.3, -0.25) is 4.79 Å². The number of nitrogens with zero attached hydrogens (tertiary/aromatic N) is 2. The summed E-state index contributed by atoms with van der Waals surface area (Å²) < 4.78 is 5.33. The van der Waals surface area contributed by atoms with Crippen LogP contribution in [0.2, 0.25) is 5.02 Å². The summed E-state index contributed by atoms with van der Waals surface area (Å²) in [5.41, 5.74) is 2.68. The standard InChI is InChI=1S/C21H20ClN3O2/c1-3-25(17-7-5-4-6-8-17)21(26)18-11-10-16(14-23-18)24-19-13-15(22)9-12-20(19)27-2/h4-14,24H,3H2,1-2H3. The number of carbonyl (C=O) groups excluding carboxylic acids is 1. The second kappa shape index (κ2) is 8.56. The molecule has 3 aromatic rings. The molecule has 1 heterocycles. The number of halogens is 1. The van der Waals surface area contributed by atoms with E-state index in [1.807, 2.05) is 37.3 Å². The first-order valence-corrected chi connectivity index (χ1v) is 8.93. The van der Waals surface area contributed by atoms with E-state index in [0.717, 1.165) is 17.1 Å². The normalized spacial score (nSPS) is 10.3. The number of rotatable bonds is 6. The van der Waals surface area contributed by atoms with Crippen LogP contribution in [0, 0.1) is 0 Å². The van der Waals surface area contributed by atoms with E-state index in [9.17, 15) is 4.79 Å². The van der Waals surface area contributed by atoms with Crippen LogP contribution < -0.4 is 15.0 Å². The molecule has 0 bridgehead atoms. The van der Waals surface area contributed by atoms with Gasteiger partial charge in [-0.15, -0.1) is 0 Å². The molecule has 3 rings (SSSR count). The van der Waals surface area contributed by atoms with Gasteiger partial charge in [-0.1, -0.05) is 29.8 Å². The molecule has 0 unspecified atom stereocenters. The first-order chi connectivity index (χ1) is 13.1. The highest BCUT2D eigenvalue weighted by Gasteiger charge is 2.17. The number of anilines is 3. The topological polar surface area (TPSA) is 54.5 Å². The Balaban J connectivity index is 1.79. The molecule has 0 aliphatic carbocycles. The van der Waals surface area contributed by atoms with Gasteiger partial charge in [0, 0.05) is 17.3 Å². The SMILES string of the molecule is CCN(C(=O)c1ccc(Nc2cc(Cl)ccc2OC)cn1)c1ccccc1. The van der Waals surface area contributed by atoms with Crippen molar-refractivity contribution in [2.24, 2.45) is 0 Å². The molecule has 1 aromatic heterocycles. The van der Waals surface area contributed by atoms with Crippen LogP contribution in [-0.2, 0) is 0 Å². The molecule has 0 fully saturated rings. The molecule has 0 saturated heterocycles. The number of ether oxygens (including phenoxy) is 1. The molecule has 0 aliphatic rings. The second-order valence-corrected chi connectivity index (χ2v) is 6.22. The Kier molecular flexibility index (Phi) is 5.94. The molecule has 2 aromatic carbocycles. The molecule has 27 heavy (non-hydrogen) atoms. The smallest absolute Gasteiger partial charge is 0.276 e. The largest absolute Gasteiger partial charge is 0.495 e. The fourth-order valence-corrected chi connectivity index (χ4v) is 2.89. The summed E-state index contributed by atoms with van der Waals surface area (Å²) in [7, 11) is 1.59. The molecule has 0 radical (unpaired) electrons. The summed E-state index contributed by atoms with van der Waals surface area (Å²) in [4.78, 5) is 18.8. The van der Waals surface area contributed by atoms with Crippen molar-refractivity contribution in [3.63, 3.8) is 0 Å². The number of para-hydroxylation sites is 1. The molecule has 0 aliphatic heterocycles. The minimum atomic E-state index is -0.143. The minimum absolute atomic E-state index is 0.143. The van der Waals surface area contributed by atoms with E-state index in [4.69, 9.17) is 16.3 Å². The first kappa shape index (κ1) is 18.7. The molecule has 6 heteroatoms. The lowest BCUT2D eigenvalue weighted by Gasteiger charge is -2.20. The maximum Gasteiger partial charge on any atom is 0.276 e. The number of pyridine rings is 1. The van der Waals surface area contributed by atoms with Crippen LogP contribution in [0.3, 0.4) is 0 Å². The van der Waals surface area contributed by atoms with Crippen LogP contribution >= 0.6 is 11.6 Å². The summed E-state index contributed by atoms with van der Waals surface area (Å²) in [6, 6.07) is 18.4. The highest BCUT2D eigenvalue weighted by Crippen LogP contribution is 2.30. The van der Waals surface area contributed by atoms with Crippen LogP contribution in [0.25, 0.3) is 0 Å². The summed E-state index contributed by atoms with van der Waals surface area (Å²) in [6.45, 7) is 2.50. The number of hydrogen-bond acceptors (Lipinski definition) is 4. The molecule has 1 N–H and O–H groups in total. The Morgan fingerprint density at radius 3 is 2.56 bits per heavy atom. The lowest BCUT2D eigenvalue weighted by molar-refractivity contribution is 0.0983. The number of methoxy groups -OCH3 is 1. The van der Waals surface area contributed by atoms with Gasteiger partial charge in [0.1, 0.15) is 11.4 Å². The van der Waals surface area contributed by atoms with E-state index in [0.29, 0.717) is 23.0 Å². The number of hydrogen-bond donors (Lipinski definition) is 1. The molecular formula is C21H20ClN3O2. The zero-order valence-electron chi connectivity index (χ0n) is 15.1. The number of amides is 1. The summed E-state index contributed by atoms with van der Waals surface area (Å²) >= 11 is 6.05. The highest BCUT2D eigenvalue weighted by atomic mass is 35.5. The number of aromatic nitrogens is 1. The van der Waals surface area contributed by atoms with Crippen molar-refractivity contribution < 1.29 is 9.53 Å². The van der Waals surface area contributed by atoms with Crippen LogP contribution in [0.15, 0.2) is 66.9 Å². The summed E-state index contributed by atoms with van der Waals surface area (Å²) in [5, 5.41) is 3.81. The minimum Gasteiger partial charge on any atom is -0.495 e. The lowest BCUT2D eigenvalue weighted by Crippen LogP contribution is -2.31. The average molecular weight is 382 g/mol. The maximum absolute atomic E-state index is 12.8. The first-order valence-electron chi connectivity index (χ1n) is 8.56.